The second kappa shape index (κ2) is 5.13. The Morgan fingerprint density at radius 2 is 1.84 bits per heavy atom. The number of carbonyl (C=O) groups excluding carboxylic acids is 1. The molecule has 0 radical (unpaired) electrons. The minimum atomic E-state index is -0.917. The Labute approximate surface area is 116 Å². The average Bonchev–Trinajstić information content (AvgIpc) is 2.23. The normalized spacial score (nSPS) is 25.1. The summed E-state index contributed by atoms with van der Waals surface area (Å²) < 4.78 is 0. The van der Waals surface area contributed by atoms with E-state index in [4.69, 9.17) is 5.26 Å². The molecule has 0 bridgehead atoms. The van der Waals surface area contributed by atoms with E-state index >= 15 is 0 Å². The molecule has 0 aromatic rings. The number of hydrogen-bond donors (Lipinski definition) is 2. The van der Waals surface area contributed by atoms with Gasteiger partial charge < -0.3 is 10.6 Å². The maximum Gasteiger partial charge on any atom is 0.240 e. The highest BCUT2D eigenvalue weighted by molar-refractivity contribution is 5.85. The number of nitrogens with one attached hydrogen (secondary N) is 2. The van der Waals surface area contributed by atoms with Crippen LogP contribution in [-0.2, 0) is 4.79 Å². The van der Waals surface area contributed by atoms with Gasteiger partial charge in [0.05, 0.1) is 6.07 Å². The molecule has 1 aliphatic heterocycles. The molecule has 4 nitrogen and oxygen atoms in total. The molecule has 0 aromatic heterocycles. The van der Waals surface area contributed by atoms with Crippen LogP contribution in [0, 0.1) is 16.7 Å². The summed E-state index contributed by atoms with van der Waals surface area (Å²) in [6.45, 7) is 12.2. The summed E-state index contributed by atoms with van der Waals surface area (Å²) in [6.07, 6.45) is 2.30. The van der Waals surface area contributed by atoms with E-state index in [1.807, 2.05) is 6.92 Å². The standard InChI is InChI=1S/C15H27N3O/c1-7-15(6,10-16)12(19)17-11-8-13(2,3)18-14(4,5)9-11/h11,18H,7-9H2,1-6H3,(H,17,19). The number of piperidine rings is 1. The Morgan fingerprint density at radius 3 is 2.21 bits per heavy atom. The van der Waals surface area contributed by atoms with Gasteiger partial charge in [-0.2, -0.15) is 5.26 Å². The Bertz CT molecular complexity index is 379. The molecule has 0 saturated carbocycles. The summed E-state index contributed by atoms with van der Waals surface area (Å²) >= 11 is 0. The van der Waals surface area contributed by atoms with Crippen molar-refractivity contribution in [3.05, 3.63) is 0 Å². The Kier molecular flexibility index (Phi) is 4.31. The Hall–Kier alpha value is -1.08. The van der Waals surface area contributed by atoms with Gasteiger partial charge in [-0.25, -0.2) is 0 Å². The van der Waals surface area contributed by atoms with Crippen molar-refractivity contribution in [2.24, 2.45) is 5.41 Å². The lowest BCUT2D eigenvalue weighted by Gasteiger charge is -2.47. The van der Waals surface area contributed by atoms with E-state index < -0.39 is 5.41 Å². The first kappa shape index (κ1) is 16.0. The third-order valence-corrected chi connectivity index (χ3v) is 3.98. The van der Waals surface area contributed by atoms with E-state index in [2.05, 4.69) is 44.4 Å². The molecule has 1 atom stereocenters. The van der Waals surface area contributed by atoms with Gasteiger partial charge in [-0.05, 0) is 53.9 Å². The van der Waals surface area contributed by atoms with Crippen LogP contribution in [0.1, 0.15) is 60.8 Å². The zero-order chi connectivity index (χ0) is 14.9. The van der Waals surface area contributed by atoms with Crippen LogP contribution in [0.5, 0.6) is 0 Å². The minimum absolute atomic E-state index is 0.00500. The van der Waals surface area contributed by atoms with E-state index in [1.165, 1.54) is 0 Å². The van der Waals surface area contributed by atoms with Crippen LogP contribution in [0.3, 0.4) is 0 Å². The summed E-state index contributed by atoms with van der Waals surface area (Å²) in [6, 6.07) is 2.25. The lowest BCUT2D eigenvalue weighted by molar-refractivity contribution is -0.128. The fraction of sp³-hybridized carbons (Fsp3) is 0.867. The fourth-order valence-electron chi connectivity index (χ4n) is 3.06. The van der Waals surface area contributed by atoms with E-state index in [1.54, 1.807) is 6.92 Å². The molecule has 1 fully saturated rings. The quantitative estimate of drug-likeness (QED) is 0.823. The number of amides is 1. The monoisotopic (exact) mass is 265 g/mol. The van der Waals surface area contributed by atoms with Crippen LogP contribution in [0.4, 0.5) is 0 Å². The van der Waals surface area contributed by atoms with Crippen LogP contribution in [0.25, 0.3) is 0 Å². The van der Waals surface area contributed by atoms with Crippen molar-refractivity contribution in [1.29, 1.82) is 5.26 Å². The molecular formula is C15H27N3O. The van der Waals surface area contributed by atoms with E-state index in [9.17, 15) is 4.79 Å². The molecule has 4 heteroatoms. The molecule has 108 valence electrons. The van der Waals surface area contributed by atoms with Gasteiger partial charge in [0.25, 0.3) is 0 Å². The van der Waals surface area contributed by atoms with Crippen LogP contribution >= 0.6 is 0 Å². The largest absolute Gasteiger partial charge is 0.352 e. The Morgan fingerprint density at radius 1 is 1.37 bits per heavy atom. The van der Waals surface area contributed by atoms with Crippen molar-refractivity contribution in [3.63, 3.8) is 0 Å². The summed E-state index contributed by atoms with van der Waals surface area (Å²) in [7, 11) is 0. The topological polar surface area (TPSA) is 64.9 Å². The van der Waals surface area contributed by atoms with Crippen LogP contribution in [0.2, 0.25) is 0 Å². The molecule has 0 spiro atoms. The van der Waals surface area contributed by atoms with Crippen molar-refractivity contribution in [2.45, 2.75) is 77.9 Å². The third kappa shape index (κ3) is 3.94. The first-order chi connectivity index (χ1) is 8.53. The summed E-state index contributed by atoms with van der Waals surface area (Å²) in [5.41, 5.74) is -0.928. The fourth-order valence-corrected chi connectivity index (χ4v) is 3.06. The molecule has 0 aliphatic carbocycles. The smallest absolute Gasteiger partial charge is 0.240 e. The highest BCUT2D eigenvalue weighted by atomic mass is 16.2. The van der Waals surface area contributed by atoms with Crippen molar-refractivity contribution in [2.75, 3.05) is 0 Å². The van der Waals surface area contributed by atoms with Crippen molar-refractivity contribution < 1.29 is 4.79 Å². The third-order valence-electron chi connectivity index (χ3n) is 3.98. The lowest BCUT2D eigenvalue weighted by Crippen LogP contribution is -2.62. The van der Waals surface area contributed by atoms with E-state index in [-0.39, 0.29) is 23.0 Å². The van der Waals surface area contributed by atoms with Gasteiger partial charge in [-0.3, -0.25) is 4.79 Å². The van der Waals surface area contributed by atoms with Crippen molar-refractivity contribution >= 4 is 5.91 Å². The molecule has 2 N–H and O–H groups in total. The SMILES string of the molecule is CCC(C)(C#N)C(=O)NC1CC(C)(C)NC(C)(C)C1. The first-order valence-corrected chi connectivity index (χ1v) is 7.05. The van der Waals surface area contributed by atoms with E-state index in [0.29, 0.717) is 6.42 Å². The summed E-state index contributed by atoms with van der Waals surface area (Å²) in [5, 5.41) is 15.8. The number of rotatable bonds is 3. The average molecular weight is 265 g/mol. The van der Waals surface area contributed by atoms with Gasteiger partial charge in [0.1, 0.15) is 5.41 Å². The maximum absolute atomic E-state index is 12.3. The molecule has 1 rings (SSSR count). The highest BCUT2D eigenvalue weighted by Crippen LogP contribution is 2.29. The summed E-state index contributed by atoms with van der Waals surface area (Å²) in [5.74, 6) is -0.143. The Balaban J connectivity index is 2.78. The molecule has 1 unspecified atom stereocenters. The highest BCUT2D eigenvalue weighted by Gasteiger charge is 2.40. The lowest BCUT2D eigenvalue weighted by atomic mass is 9.79. The molecular weight excluding hydrogens is 238 g/mol. The van der Waals surface area contributed by atoms with Gasteiger partial charge in [-0.15, -0.1) is 0 Å². The second-order valence-corrected chi connectivity index (χ2v) is 7.27. The van der Waals surface area contributed by atoms with Gasteiger partial charge in [-0.1, -0.05) is 6.92 Å². The zero-order valence-corrected chi connectivity index (χ0v) is 13.1. The van der Waals surface area contributed by atoms with Crippen LogP contribution in [-0.4, -0.2) is 23.0 Å². The predicted molar refractivity (Wildman–Crippen MR) is 76.5 cm³/mol. The molecule has 1 aliphatic rings. The van der Waals surface area contributed by atoms with Crippen molar-refractivity contribution in [1.82, 2.24) is 10.6 Å². The summed E-state index contributed by atoms with van der Waals surface area (Å²) in [4.78, 5) is 12.3. The molecule has 0 aromatic carbocycles. The predicted octanol–water partition coefficient (Wildman–Crippen LogP) is 2.35. The van der Waals surface area contributed by atoms with E-state index in [0.717, 1.165) is 12.8 Å². The first-order valence-electron chi connectivity index (χ1n) is 7.05. The van der Waals surface area contributed by atoms with Crippen LogP contribution < -0.4 is 10.6 Å². The molecule has 1 heterocycles. The van der Waals surface area contributed by atoms with Gasteiger partial charge in [0.2, 0.25) is 5.91 Å². The second-order valence-electron chi connectivity index (χ2n) is 7.27. The molecule has 19 heavy (non-hydrogen) atoms. The maximum atomic E-state index is 12.3. The number of carbonyl (C=O) groups is 1. The number of hydrogen-bond acceptors (Lipinski definition) is 3. The number of nitriles is 1. The number of nitrogens with zero attached hydrogens (tertiary/aromatic N) is 1. The van der Waals surface area contributed by atoms with Gasteiger partial charge >= 0.3 is 0 Å². The van der Waals surface area contributed by atoms with Crippen LogP contribution in [0.15, 0.2) is 0 Å². The molecule has 1 amide bonds. The van der Waals surface area contributed by atoms with Gasteiger partial charge in [0.15, 0.2) is 0 Å². The zero-order valence-electron chi connectivity index (χ0n) is 13.1. The minimum Gasteiger partial charge on any atom is -0.352 e. The van der Waals surface area contributed by atoms with Crippen molar-refractivity contribution in [3.8, 4) is 6.07 Å². The molecule has 1 saturated heterocycles. The van der Waals surface area contributed by atoms with Gasteiger partial charge in [0, 0.05) is 17.1 Å².